The molecule has 0 spiro atoms. The molecule has 5 rings (SSSR count). The van der Waals surface area contributed by atoms with Gasteiger partial charge in [-0.3, -0.25) is 9.59 Å². The molecule has 1 heterocycles. The number of nitrogens with zero attached hydrogens (tertiary/aromatic N) is 1. The predicted molar refractivity (Wildman–Crippen MR) is 187 cm³/mol. The third-order valence-corrected chi connectivity index (χ3v) is 12.6. The number of aromatic carboxylic acids is 1. The molecule has 4 atom stereocenters. The summed E-state index contributed by atoms with van der Waals surface area (Å²) in [5.74, 6) is -5.39. The van der Waals surface area contributed by atoms with Gasteiger partial charge in [0.25, 0.3) is 0 Å². The number of hydrogen-bond donors (Lipinski definition) is 2. The summed E-state index contributed by atoms with van der Waals surface area (Å²) in [5.41, 5.74) is 1.27. The average Bonchev–Trinajstić information content (AvgIpc) is 3.88. The van der Waals surface area contributed by atoms with E-state index in [-0.39, 0.29) is 40.1 Å². The van der Waals surface area contributed by atoms with Gasteiger partial charge in [-0.25, -0.2) is 17.6 Å². The highest BCUT2D eigenvalue weighted by Crippen LogP contribution is 2.49. The number of anilines is 1. The molecule has 9 nitrogen and oxygen atoms in total. The van der Waals surface area contributed by atoms with Gasteiger partial charge in [0.2, 0.25) is 11.8 Å². The highest BCUT2D eigenvalue weighted by atomic mass is 35.5. The molecule has 1 aliphatic heterocycles. The van der Waals surface area contributed by atoms with Gasteiger partial charge in [0, 0.05) is 28.7 Å². The maximum atomic E-state index is 15.2. The molecule has 1 saturated heterocycles. The number of carbonyl (C=O) groups excluding carboxylic acids is 2. The summed E-state index contributed by atoms with van der Waals surface area (Å²) >= 11 is 12.5. The van der Waals surface area contributed by atoms with E-state index in [1.807, 2.05) is 6.07 Å². The molecule has 2 amide bonds. The maximum absolute atomic E-state index is 15.2. The SMILES string of the molecule is COc1cc(NC(=O)C2CC[C@H](c3cccc(Cl)c3)[C@@H](c3ccc(Cl)c(F)c3)N([C@H](CS(=O)(=O)C(C)(C)C)C3CC3)C2=O)ccc1C(=O)O. The Bertz CT molecular complexity index is 1880. The largest absolute Gasteiger partial charge is 0.496 e. The van der Waals surface area contributed by atoms with Crippen molar-refractivity contribution >= 4 is 56.5 Å². The number of hydrogen-bond acceptors (Lipinski definition) is 6. The molecule has 13 heteroatoms. The zero-order valence-electron chi connectivity index (χ0n) is 27.6. The van der Waals surface area contributed by atoms with Gasteiger partial charge >= 0.3 is 5.97 Å². The number of rotatable bonds is 10. The van der Waals surface area contributed by atoms with E-state index in [0.717, 1.165) is 5.56 Å². The van der Waals surface area contributed by atoms with E-state index in [1.165, 1.54) is 42.3 Å². The van der Waals surface area contributed by atoms with Crippen LogP contribution in [0.15, 0.2) is 60.7 Å². The van der Waals surface area contributed by atoms with Gasteiger partial charge in [-0.05, 0) is 99.9 Å². The lowest BCUT2D eigenvalue weighted by Gasteiger charge is -2.42. The van der Waals surface area contributed by atoms with Crippen molar-refractivity contribution in [2.45, 2.75) is 69.2 Å². The van der Waals surface area contributed by atoms with Crippen molar-refractivity contribution in [1.82, 2.24) is 4.90 Å². The smallest absolute Gasteiger partial charge is 0.339 e. The Balaban J connectivity index is 1.66. The molecule has 2 N–H and O–H groups in total. The number of nitrogens with one attached hydrogen (secondary N) is 1. The van der Waals surface area contributed by atoms with Gasteiger partial charge in [-0.1, -0.05) is 41.4 Å². The highest BCUT2D eigenvalue weighted by molar-refractivity contribution is 7.92. The fourth-order valence-corrected chi connectivity index (χ4v) is 8.20. The Morgan fingerprint density at radius 2 is 1.73 bits per heavy atom. The van der Waals surface area contributed by atoms with Crippen molar-refractivity contribution in [3.63, 3.8) is 0 Å². The maximum Gasteiger partial charge on any atom is 0.339 e. The first-order valence-electron chi connectivity index (χ1n) is 16.0. The minimum absolute atomic E-state index is 0.0196. The number of likely N-dealkylation sites (tertiary alicyclic amines) is 1. The number of ether oxygens (including phenoxy) is 1. The number of benzene rings is 3. The van der Waals surface area contributed by atoms with Gasteiger partial charge in [0.1, 0.15) is 23.0 Å². The lowest BCUT2D eigenvalue weighted by Crippen LogP contribution is -2.52. The molecule has 2 fully saturated rings. The number of carbonyl (C=O) groups is 3. The van der Waals surface area contributed by atoms with Crippen molar-refractivity contribution in [3.05, 3.63) is 93.2 Å². The normalized spacial score (nSPS) is 20.8. The highest BCUT2D eigenvalue weighted by Gasteiger charge is 2.51. The number of halogens is 3. The van der Waals surface area contributed by atoms with Crippen LogP contribution in [-0.4, -0.2) is 59.9 Å². The quantitative estimate of drug-likeness (QED) is 0.206. The molecule has 3 aromatic rings. The first kappa shape index (κ1) is 36.6. The third-order valence-electron chi connectivity index (χ3n) is 9.42. The van der Waals surface area contributed by atoms with Crippen LogP contribution in [0.5, 0.6) is 5.75 Å². The zero-order valence-corrected chi connectivity index (χ0v) is 29.9. The molecule has 0 radical (unpaired) electrons. The van der Waals surface area contributed by atoms with Crippen LogP contribution in [0, 0.1) is 17.7 Å². The van der Waals surface area contributed by atoms with Crippen LogP contribution >= 0.6 is 23.2 Å². The van der Waals surface area contributed by atoms with Crippen LogP contribution in [0.2, 0.25) is 10.0 Å². The lowest BCUT2D eigenvalue weighted by atomic mass is 9.82. The van der Waals surface area contributed by atoms with E-state index >= 15 is 4.39 Å². The Hall–Kier alpha value is -3.67. The number of carboxylic acid groups (broad SMARTS) is 1. The van der Waals surface area contributed by atoms with Gasteiger partial charge < -0.3 is 20.1 Å². The molecular weight excluding hydrogens is 694 g/mol. The van der Waals surface area contributed by atoms with Crippen LogP contribution < -0.4 is 10.1 Å². The topological polar surface area (TPSA) is 130 Å². The Morgan fingerprint density at radius 3 is 2.33 bits per heavy atom. The minimum Gasteiger partial charge on any atom is -0.496 e. The first-order chi connectivity index (χ1) is 23.0. The molecule has 49 heavy (non-hydrogen) atoms. The predicted octanol–water partition coefficient (Wildman–Crippen LogP) is 7.53. The van der Waals surface area contributed by atoms with E-state index < -0.39 is 62.1 Å². The van der Waals surface area contributed by atoms with E-state index in [0.29, 0.717) is 29.8 Å². The van der Waals surface area contributed by atoms with Crippen molar-refractivity contribution in [2.24, 2.45) is 11.8 Å². The Kier molecular flexibility index (Phi) is 10.7. The number of methoxy groups -OCH3 is 1. The molecule has 1 saturated carbocycles. The van der Waals surface area contributed by atoms with E-state index in [9.17, 15) is 27.9 Å². The molecular formula is C36H39Cl2FN2O7S. The van der Waals surface area contributed by atoms with Crippen LogP contribution in [0.1, 0.15) is 79.9 Å². The number of amides is 2. The summed E-state index contributed by atoms with van der Waals surface area (Å²) in [5, 5.41) is 12.6. The fraction of sp³-hybridized carbons (Fsp3) is 0.417. The molecule has 0 aromatic heterocycles. The summed E-state index contributed by atoms with van der Waals surface area (Å²) < 4.78 is 46.9. The van der Waals surface area contributed by atoms with Crippen molar-refractivity contribution in [3.8, 4) is 5.75 Å². The molecule has 262 valence electrons. The second-order valence-corrected chi connectivity index (χ2v) is 17.3. The second-order valence-electron chi connectivity index (χ2n) is 13.7. The molecule has 2 aliphatic rings. The fourth-order valence-electron chi connectivity index (χ4n) is 6.50. The van der Waals surface area contributed by atoms with Gasteiger partial charge in [-0.15, -0.1) is 0 Å². The zero-order chi connectivity index (χ0) is 35.8. The monoisotopic (exact) mass is 732 g/mol. The molecule has 3 aromatic carbocycles. The lowest BCUT2D eigenvalue weighted by molar-refractivity contribution is -0.144. The van der Waals surface area contributed by atoms with Crippen LogP contribution in [0.3, 0.4) is 0 Å². The number of sulfone groups is 1. The summed E-state index contributed by atoms with van der Waals surface area (Å²) in [6.45, 7) is 4.83. The summed E-state index contributed by atoms with van der Waals surface area (Å²) in [4.78, 5) is 42.2. The minimum atomic E-state index is -3.77. The van der Waals surface area contributed by atoms with Gasteiger partial charge in [0.05, 0.1) is 28.7 Å². The Morgan fingerprint density at radius 1 is 1.02 bits per heavy atom. The summed E-state index contributed by atoms with van der Waals surface area (Å²) in [6.07, 6.45) is 1.74. The standard InChI is InChI=1S/C36H39Cl2FN2O7S/c1-36(2,3)49(46,47)19-30(20-8-9-20)41-32(22-10-15-28(38)29(39)17-22)25(21-6-5-7-23(37)16-21)13-14-27(34(41)43)33(42)40-24-11-12-26(35(44)45)31(18-24)48-4/h5-7,10-12,15-18,20,25,27,30,32H,8-9,13-14,19H2,1-4H3,(H,40,42)(H,44,45)/t25-,27?,30-,32-/m1/s1. The van der Waals surface area contributed by atoms with E-state index in [1.54, 1.807) is 45.0 Å². The van der Waals surface area contributed by atoms with Gasteiger partial charge in [-0.2, -0.15) is 0 Å². The van der Waals surface area contributed by atoms with E-state index in [2.05, 4.69) is 5.32 Å². The summed E-state index contributed by atoms with van der Waals surface area (Å²) in [6, 6.07) is 13.8. The van der Waals surface area contributed by atoms with Crippen LogP contribution in [-0.2, 0) is 19.4 Å². The average molecular weight is 734 g/mol. The van der Waals surface area contributed by atoms with Crippen molar-refractivity contribution in [2.75, 3.05) is 18.2 Å². The summed E-state index contributed by atoms with van der Waals surface area (Å²) in [7, 11) is -2.47. The molecule has 0 bridgehead atoms. The van der Waals surface area contributed by atoms with Crippen molar-refractivity contribution < 1.29 is 37.0 Å². The van der Waals surface area contributed by atoms with Crippen LogP contribution in [0.25, 0.3) is 0 Å². The van der Waals surface area contributed by atoms with Crippen molar-refractivity contribution in [1.29, 1.82) is 0 Å². The molecule has 1 aliphatic carbocycles. The number of carboxylic acids is 1. The van der Waals surface area contributed by atoms with E-state index in [4.69, 9.17) is 27.9 Å². The van der Waals surface area contributed by atoms with Crippen LogP contribution in [0.4, 0.5) is 10.1 Å². The first-order valence-corrected chi connectivity index (χ1v) is 18.4. The Labute approximate surface area is 295 Å². The second kappa shape index (κ2) is 14.3. The van der Waals surface area contributed by atoms with Gasteiger partial charge in [0.15, 0.2) is 9.84 Å². The third kappa shape index (κ3) is 7.89. The molecule has 1 unspecified atom stereocenters.